The molecule has 3 N–H and O–H groups in total. The average molecular weight is 322 g/mol. The minimum Gasteiger partial charge on any atom is -0.478 e. The summed E-state index contributed by atoms with van der Waals surface area (Å²) >= 11 is 5.67. The van der Waals surface area contributed by atoms with Crippen molar-refractivity contribution in [1.82, 2.24) is 4.72 Å². The number of carbonyl (C=O) groups is 1. The molecule has 1 rings (SSSR count). The van der Waals surface area contributed by atoms with Crippen molar-refractivity contribution < 1.29 is 23.4 Å². The molecule has 0 amide bonds. The molecule has 0 heterocycles. The number of aromatic carboxylic acids is 1. The van der Waals surface area contributed by atoms with Crippen LogP contribution in [0.25, 0.3) is 0 Å². The van der Waals surface area contributed by atoms with Gasteiger partial charge in [-0.05, 0) is 24.6 Å². The van der Waals surface area contributed by atoms with Gasteiger partial charge in [-0.3, -0.25) is 0 Å². The zero-order valence-electron chi connectivity index (χ0n) is 10.8. The zero-order valence-corrected chi connectivity index (χ0v) is 12.4. The fourth-order valence-electron chi connectivity index (χ4n) is 1.56. The van der Waals surface area contributed by atoms with Gasteiger partial charge >= 0.3 is 5.97 Å². The molecule has 0 bridgehead atoms. The Morgan fingerprint density at radius 1 is 1.45 bits per heavy atom. The normalized spacial score (nSPS) is 13.2. The Labute approximate surface area is 122 Å². The number of rotatable bonds is 7. The SMILES string of the molecule is CCCC(O)CNS(=O)(=O)c1ccc(Cl)c(C(=O)O)c1. The molecule has 8 heteroatoms. The van der Waals surface area contributed by atoms with E-state index in [0.717, 1.165) is 12.5 Å². The maximum Gasteiger partial charge on any atom is 0.337 e. The number of aliphatic hydroxyl groups excluding tert-OH is 1. The first-order valence-electron chi connectivity index (χ1n) is 5.98. The molecule has 0 saturated carbocycles. The Morgan fingerprint density at radius 3 is 2.65 bits per heavy atom. The van der Waals surface area contributed by atoms with Crippen molar-refractivity contribution in [3.8, 4) is 0 Å². The molecule has 1 atom stereocenters. The predicted octanol–water partition coefficient (Wildman–Crippen LogP) is 1.48. The van der Waals surface area contributed by atoms with E-state index in [0.29, 0.717) is 6.42 Å². The van der Waals surface area contributed by atoms with E-state index >= 15 is 0 Å². The van der Waals surface area contributed by atoms with Gasteiger partial charge in [-0.1, -0.05) is 24.9 Å². The lowest BCUT2D eigenvalue weighted by Gasteiger charge is -2.12. The number of sulfonamides is 1. The molecular weight excluding hydrogens is 306 g/mol. The predicted molar refractivity (Wildman–Crippen MR) is 74.5 cm³/mol. The van der Waals surface area contributed by atoms with Crippen LogP contribution in [-0.2, 0) is 10.0 Å². The van der Waals surface area contributed by atoms with E-state index in [4.69, 9.17) is 16.7 Å². The summed E-state index contributed by atoms with van der Waals surface area (Å²) in [5, 5.41) is 18.4. The third-order valence-electron chi connectivity index (χ3n) is 2.61. The van der Waals surface area contributed by atoms with Gasteiger partial charge in [-0.25, -0.2) is 17.9 Å². The van der Waals surface area contributed by atoms with Crippen LogP contribution in [0.3, 0.4) is 0 Å². The van der Waals surface area contributed by atoms with Gasteiger partial charge < -0.3 is 10.2 Å². The van der Waals surface area contributed by atoms with Crippen molar-refractivity contribution in [1.29, 1.82) is 0 Å². The van der Waals surface area contributed by atoms with Gasteiger partial charge in [-0.2, -0.15) is 0 Å². The second-order valence-electron chi connectivity index (χ2n) is 4.24. The molecule has 112 valence electrons. The minimum absolute atomic E-state index is 0.0394. The van der Waals surface area contributed by atoms with Gasteiger partial charge in [0, 0.05) is 6.54 Å². The summed E-state index contributed by atoms with van der Waals surface area (Å²) in [5.41, 5.74) is -0.288. The van der Waals surface area contributed by atoms with Crippen LogP contribution in [0.2, 0.25) is 5.02 Å². The third-order valence-corrected chi connectivity index (χ3v) is 4.36. The Morgan fingerprint density at radius 2 is 2.10 bits per heavy atom. The monoisotopic (exact) mass is 321 g/mol. The minimum atomic E-state index is -3.88. The van der Waals surface area contributed by atoms with Crippen molar-refractivity contribution in [2.24, 2.45) is 0 Å². The highest BCUT2D eigenvalue weighted by molar-refractivity contribution is 7.89. The molecule has 0 saturated heterocycles. The molecule has 0 aliphatic carbocycles. The van der Waals surface area contributed by atoms with E-state index in [1.165, 1.54) is 12.1 Å². The number of carboxylic acids is 1. The van der Waals surface area contributed by atoms with Crippen LogP contribution in [0.15, 0.2) is 23.1 Å². The molecule has 1 aromatic rings. The molecule has 0 radical (unpaired) electrons. The molecule has 20 heavy (non-hydrogen) atoms. The Balaban J connectivity index is 2.93. The van der Waals surface area contributed by atoms with Crippen LogP contribution in [0.5, 0.6) is 0 Å². The van der Waals surface area contributed by atoms with Crippen LogP contribution in [-0.4, -0.2) is 37.2 Å². The topological polar surface area (TPSA) is 104 Å². The van der Waals surface area contributed by atoms with E-state index in [2.05, 4.69) is 4.72 Å². The highest BCUT2D eigenvalue weighted by Gasteiger charge is 2.19. The summed E-state index contributed by atoms with van der Waals surface area (Å²) in [4.78, 5) is 10.7. The van der Waals surface area contributed by atoms with Gasteiger partial charge in [0.15, 0.2) is 0 Å². The Bertz CT molecular complexity index is 588. The van der Waals surface area contributed by atoms with Crippen LogP contribution < -0.4 is 4.72 Å². The quantitative estimate of drug-likeness (QED) is 0.705. The van der Waals surface area contributed by atoms with E-state index in [-0.39, 0.29) is 22.0 Å². The van der Waals surface area contributed by atoms with Gasteiger partial charge in [0.1, 0.15) is 0 Å². The molecular formula is C12H16ClNO5S. The van der Waals surface area contributed by atoms with Gasteiger partial charge in [0.25, 0.3) is 0 Å². The highest BCUT2D eigenvalue weighted by atomic mass is 35.5. The van der Waals surface area contributed by atoms with Crippen molar-refractivity contribution in [2.45, 2.75) is 30.8 Å². The van der Waals surface area contributed by atoms with Gasteiger partial charge in [0.2, 0.25) is 10.0 Å². The number of hydrogen-bond acceptors (Lipinski definition) is 4. The fourth-order valence-corrected chi connectivity index (χ4v) is 2.86. The Hall–Kier alpha value is -1.15. The van der Waals surface area contributed by atoms with Crippen molar-refractivity contribution in [3.63, 3.8) is 0 Å². The van der Waals surface area contributed by atoms with Crippen molar-refractivity contribution >= 4 is 27.6 Å². The first kappa shape index (κ1) is 16.9. The molecule has 0 aromatic heterocycles. The van der Waals surface area contributed by atoms with Crippen LogP contribution in [0.1, 0.15) is 30.1 Å². The van der Waals surface area contributed by atoms with E-state index in [9.17, 15) is 18.3 Å². The molecule has 0 aliphatic heterocycles. The second-order valence-corrected chi connectivity index (χ2v) is 6.42. The lowest BCUT2D eigenvalue weighted by Crippen LogP contribution is -2.32. The van der Waals surface area contributed by atoms with Gasteiger partial charge in [-0.15, -0.1) is 0 Å². The van der Waals surface area contributed by atoms with Gasteiger partial charge in [0.05, 0.1) is 21.6 Å². The van der Waals surface area contributed by atoms with Crippen LogP contribution >= 0.6 is 11.6 Å². The van der Waals surface area contributed by atoms with E-state index in [1.54, 1.807) is 0 Å². The number of benzene rings is 1. The summed E-state index contributed by atoms with van der Waals surface area (Å²) in [6, 6.07) is 3.41. The largest absolute Gasteiger partial charge is 0.478 e. The van der Waals surface area contributed by atoms with E-state index < -0.39 is 22.1 Å². The zero-order chi connectivity index (χ0) is 15.3. The summed E-state index contributed by atoms with van der Waals surface area (Å²) in [7, 11) is -3.88. The number of halogens is 1. The summed E-state index contributed by atoms with van der Waals surface area (Å²) in [6.45, 7) is 1.75. The number of nitrogens with one attached hydrogen (secondary N) is 1. The lowest BCUT2D eigenvalue weighted by atomic mass is 10.2. The number of carboxylic acid groups (broad SMARTS) is 1. The lowest BCUT2D eigenvalue weighted by molar-refractivity contribution is 0.0697. The molecule has 6 nitrogen and oxygen atoms in total. The van der Waals surface area contributed by atoms with E-state index in [1.807, 2.05) is 6.92 Å². The molecule has 1 aromatic carbocycles. The van der Waals surface area contributed by atoms with Crippen molar-refractivity contribution in [3.05, 3.63) is 28.8 Å². The summed E-state index contributed by atoms with van der Waals surface area (Å²) in [6.07, 6.45) is 0.428. The maximum absolute atomic E-state index is 12.0. The Kier molecular flexibility index (Phi) is 5.94. The molecule has 0 aliphatic rings. The molecule has 0 fully saturated rings. The number of hydrogen-bond donors (Lipinski definition) is 3. The summed E-state index contributed by atoms with van der Waals surface area (Å²) < 4.78 is 26.2. The third kappa shape index (κ3) is 4.45. The van der Waals surface area contributed by atoms with Crippen molar-refractivity contribution in [2.75, 3.05) is 6.54 Å². The standard InChI is InChI=1S/C12H16ClNO5S/c1-2-3-8(15)7-14-20(18,19)9-4-5-11(13)10(6-9)12(16)17/h4-6,8,14-15H,2-3,7H2,1H3,(H,16,17). The fraction of sp³-hybridized carbons (Fsp3) is 0.417. The highest BCUT2D eigenvalue weighted by Crippen LogP contribution is 2.20. The number of aliphatic hydroxyl groups is 1. The molecule has 1 unspecified atom stereocenters. The summed E-state index contributed by atoms with van der Waals surface area (Å²) in [5.74, 6) is -1.31. The second kappa shape index (κ2) is 7.03. The van der Waals surface area contributed by atoms with Crippen LogP contribution in [0, 0.1) is 0 Å². The average Bonchev–Trinajstić information content (AvgIpc) is 2.37. The van der Waals surface area contributed by atoms with Crippen LogP contribution in [0.4, 0.5) is 0 Å². The first-order valence-corrected chi connectivity index (χ1v) is 7.84. The maximum atomic E-state index is 12.0. The smallest absolute Gasteiger partial charge is 0.337 e. The molecule has 0 spiro atoms. The first-order chi connectivity index (χ1) is 9.27.